The van der Waals surface area contributed by atoms with Gasteiger partial charge < -0.3 is 5.11 Å². The van der Waals surface area contributed by atoms with Gasteiger partial charge in [-0.05, 0) is 42.2 Å². The average Bonchev–Trinajstić information content (AvgIpc) is 2.74. The molecule has 21 heavy (non-hydrogen) atoms. The van der Waals surface area contributed by atoms with Crippen LogP contribution in [0, 0.1) is 11.3 Å². The minimum absolute atomic E-state index is 0.100. The van der Waals surface area contributed by atoms with Crippen molar-refractivity contribution >= 4 is 38.7 Å². The highest BCUT2D eigenvalue weighted by Gasteiger charge is 2.31. The maximum atomic E-state index is 12.3. The van der Waals surface area contributed by atoms with Gasteiger partial charge in [0.2, 0.25) is 4.74 Å². The van der Waals surface area contributed by atoms with Crippen LogP contribution in [0.15, 0.2) is 10.9 Å². The van der Waals surface area contributed by atoms with E-state index < -0.39 is 5.97 Å². The Kier molecular flexibility index (Phi) is 3.45. The largest absolute Gasteiger partial charge is 0.477 e. The summed E-state index contributed by atoms with van der Waals surface area (Å²) < 4.78 is 0.743. The number of aromatic carboxylic acids is 1. The van der Waals surface area contributed by atoms with Gasteiger partial charge >= 0.3 is 5.97 Å². The number of carboxylic acids is 1. The lowest BCUT2D eigenvalue weighted by Gasteiger charge is -2.33. The van der Waals surface area contributed by atoms with Crippen LogP contribution in [0.1, 0.15) is 47.3 Å². The van der Waals surface area contributed by atoms with Crippen LogP contribution < -0.4 is 4.74 Å². The highest BCUT2D eigenvalue weighted by molar-refractivity contribution is 7.20. The molecule has 3 rings (SSSR count). The molecule has 2 heterocycles. The molecule has 2 aromatic heterocycles. The van der Waals surface area contributed by atoms with Crippen molar-refractivity contribution in [3.63, 3.8) is 0 Å². The van der Waals surface area contributed by atoms with Crippen molar-refractivity contribution in [1.82, 2.24) is 0 Å². The Bertz CT molecular complexity index is 777. The highest BCUT2D eigenvalue weighted by Crippen LogP contribution is 2.42. The molecule has 0 amide bonds. The first kappa shape index (κ1) is 14.7. The van der Waals surface area contributed by atoms with Crippen molar-refractivity contribution in [3.05, 3.63) is 30.9 Å². The van der Waals surface area contributed by atoms with Crippen LogP contribution in [0.2, 0.25) is 0 Å². The maximum Gasteiger partial charge on any atom is 0.346 e. The van der Waals surface area contributed by atoms with Crippen molar-refractivity contribution < 1.29 is 9.90 Å². The molecule has 1 aliphatic carbocycles. The van der Waals surface area contributed by atoms with Gasteiger partial charge in [0.05, 0.1) is 5.39 Å². The third kappa shape index (κ3) is 2.53. The molecule has 0 saturated carbocycles. The summed E-state index contributed by atoms with van der Waals surface area (Å²) in [5, 5.41) is 9.87. The van der Waals surface area contributed by atoms with Crippen LogP contribution in [0.4, 0.5) is 0 Å². The fourth-order valence-corrected chi connectivity index (χ4v) is 5.39. The Morgan fingerprint density at radius 3 is 2.67 bits per heavy atom. The van der Waals surface area contributed by atoms with E-state index in [9.17, 15) is 9.59 Å². The predicted molar refractivity (Wildman–Crippen MR) is 87.9 cm³/mol. The SMILES string of the molecule is CC(C)(C)C1CCc2c(sc3cc(C(=O)O)sc(=O)c23)C1. The lowest BCUT2D eigenvalue weighted by Crippen LogP contribution is -2.26. The summed E-state index contributed by atoms with van der Waals surface area (Å²) in [6.45, 7) is 6.79. The maximum absolute atomic E-state index is 12.3. The van der Waals surface area contributed by atoms with Gasteiger partial charge in [-0.3, -0.25) is 4.79 Å². The van der Waals surface area contributed by atoms with E-state index in [-0.39, 0.29) is 15.0 Å². The number of fused-ring (bicyclic) bond motifs is 3. The topological polar surface area (TPSA) is 54.4 Å². The molecule has 1 atom stereocenters. The standard InChI is InChI=1S/C16H18O3S2/c1-16(2,3)8-4-5-9-10(6-8)20-11-7-12(14(17)18)21-15(19)13(9)11/h7-8H,4-6H2,1-3H3,(H,17,18). The van der Waals surface area contributed by atoms with Gasteiger partial charge in [-0.15, -0.1) is 11.3 Å². The van der Waals surface area contributed by atoms with E-state index in [2.05, 4.69) is 20.8 Å². The van der Waals surface area contributed by atoms with E-state index in [1.54, 1.807) is 17.4 Å². The van der Waals surface area contributed by atoms with Gasteiger partial charge in [0.25, 0.3) is 0 Å². The zero-order chi connectivity index (χ0) is 15.4. The molecule has 1 unspecified atom stereocenters. The molecule has 3 nitrogen and oxygen atoms in total. The number of rotatable bonds is 1. The number of hydrogen-bond acceptors (Lipinski definition) is 4. The number of carbonyl (C=O) groups is 1. The Labute approximate surface area is 131 Å². The van der Waals surface area contributed by atoms with Crippen LogP contribution >= 0.6 is 22.7 Å². The minimum Gasteiger partial charge on any atom is -0.477 e. The zero-order valence-corrected chi connectivity index (χ0v) is 14.0. The number of carboxylic acid groups (broad SMARTS) is 1. The molecule has 0 fully saturated rings. The second-order valence-electron chi connectivity index (χ2n) is 6.75. The van der Waals surface area contributed by atoms with Gasteiger partial charge in [0, 0.05) is 9.58 Å². The first-order valence-electron chi connectivity index (χ1n) is 7.09. The molecule has 1 aliphatic rings. The van der Waals surface area contributed by atoms with Crippen LogP contribution in [-0.2, 0) is 12.8 Å². The second kappa shape index (κ2) is 4.92. The first-order valence-corrected chi connectivity index (χ1v) is 8.72. The summed E-state index contributed by atoms with van der Waals surface area (Å²) in [6, 6.07) is 1.67. The van der Waals surface area contributed by atoms with Gasteiger partial charge in [-0.1, -0.05) is 32.1 Å². The Morgan fingerprint density at radius 2 is 2.05 bits per heavy atom. The molecule has 1 N–H and O–H groups in total. The fourth-order valence-electron chi connectivity index (χ4n) is 3.08. The lowest BCUT2D eigenvalue weighted by atomic mass is 9.72. The van der Waals surface area contributed by atoms with Gasteiger partial charge in [0.15, 0.2) is 0 Å². The molecule has 0 aromatic carbocycles. The molecule has 0 spiro atoms. The Balaban J connectivity index is 2.13. The number of hydrogen-bond donors (Lipinski definition) is 1. The lowest BCUT2D eigenvalue weighted by molar-refractivity contribution is 0.0702. The Morgan fingerprint density at radius 1 is 1.33 bits per heavy atom. The van der Waals surface area contributed by atoms with Crippen molar-refractivity contribution in [2.75, 3.05) is 0 Å². The first-order chi connectivity index (χ1) is 9.77. The molecule has 112 valence electrons. The van der Waals surface area contributed by atoms with Gasteiger partial charge in [-0.25, -0.2) is 4.79 Å². The van der Waals surface area contributed by atoms with Crippen molar-refractivity contribution in [1.29, 1.82) is 0 Å². The molecule has 2 aromatic rings. The molecule has 0 aliphatic heterocycles. The molecular formula is C16H18O3S2. The summed E-state index contributed by atoms with van der Waals surface area (Å²) in [4.78, 5) is 24.8. The van der Waals surface area contributed by atoms with Crippen LogP contribution in [-0.4, -0.2) is 11.1 Å². The van der Waals surface area contributed by atoms with E-state index in [1.807, 2.05) is 0 Å². The number of aryl methyl sites for hydroxylation is 1. The molecule has 0 bridgehead atoms. The van der Waals surface area contributed by atoms with Crippen molar-refractivity contribution in [2.24, 2.45) is 11.3 Å². The van der Waals surface area contributed by atoms with E-state index in [0.717, 1.165) is 40.7 Å². The van der Waals surface area contributed by atoms with Crippen molar-refractivity contribution in [3.8, 4) is 0 Å². The monoisotopic (exact) mass is 322 g/mol. The smallest absolute Gasteiger partial charge is 0.346 e. The fraction of sp³-hybridized carbons (Fsp3) is 0.500. The zero-order valence-electron chi connectivity index (χ0n) is 12.4. The van der Waals surface area contributed by atoms with Crippen molar-refractivity contribution in [2.45, 2.75) is 40.0 Å². The normalized spacial score (nSPS) is 18.7. The van der Waals surface area contributed by atoms with Crippen LogP contribution in [0.3, 0.4) is 0 Å². The summed E-state index contributed by atoms with van der Waals surface area (Å²) in [7, 11) is 0. The van der Waals surface area contributed by atoms with Crippen LogP contribution in [0.5, 0.6) is 0 Å². The molecule has 0 radical (unpaired) electrons. The third-order valence-corrected chi connectivity index (χ3v) is 6.50. The average molecular weight is 322 g/mol. The van der Waals surface area contributed by atoms with E-state index in [0.29, 0.717) is 5.92 Å². The quantitative estimate of drug-likeness (QED) is 0.857. The summed E-state index contributed by atoms with van der Waals surface area (Å²) >= 11 is 2.46. The minimum atomic E-state index is -1.02. The summed E-state index contributed by atoms with van der Waals surface area (Å²) in [6.07, 6.45) is 3.05. The van der Waals surface area contributed by atoms with E-state index in [1.165, 1.54) is 10.4 Å². The molecular weight excluding hydrogens is 304 g/mol. The van der Waals surface area contributed by atoms with E-state index >= 15 is 0 Å². The Hall–Kier alpha value is -1.20. The molecule has 0 saturated heterocycles. The van der Waals surface area contributed by atoms with Crippen LogP contribution in [0.25, 0.3) is 10.1 Å². The van der Waals surface area contributed by atoms with Gasteiger partial charge in [-0.2, -0.15) is 0 Å². The highest BCUT2D eigenvalue weighted by atomic mass is 32.1. The predicted octanol–water partition coefficient (Wildman–Crippen LogP) is 4.17. The second-order valence-corrected chi connectivity index (χ2v) is 8.90. The molecule has 5 heteroatoms. The van der Waals surface area contributed by atoms with E-state index in [4.69, 9.17) is 5.11 Å². The summed E-state index contributed by atoms with van der Waals surface area (Å²) in [5.41, 5.74) is 1.44. The third-order valence-electron chi connectivity index (χ3n) is 4.40. The summed E-state index contributed by atoms with van der Waals surface area (Å²) in [5.74, 6) is -0.395. The van der Waals surface area contributed by atoms with Gasteiger partial charge in [0.1, 0.15) is 4.88 Å². The number of thiophene rings is 1.